The van der Waals surface area contributed by atoms with Gasteiger partial charge in [0.1, 0.15) is 30.4 Å². The van der Waals surface area contributed by atoms with Crippen LogP contribution in [0.15, 0.2) is 54.7 Å². The maximum atomic E-state index is 12.8. The molecule has 7 heteroatoms. The largest absolute Gasteiger partial charge is 0.487 e. The van der Waals surface area contributed by atoms with Gasteiger partial charge in [-0.15, -0.1) is 5.10 Å². The van der Waals surface area contributed by atoms with Crippen LogP contribution < -0.4 is 4.74 Å². The summed E-state index contributed by atoms with van der Waals surface area (Å²) in [7, 11) is 0. The van der Waals surface area contributed by atoms with Gasteiger partial charge in [-0.05, 0) is 48.5 Å². The molecule has 0 aliphatic carbocycles. The van der Waals surface area contributed by atoms with Gasteiger partial charge in [-0.3, -0.25) is 4.79 Å². The van der Waals surface area contributed by atoms with Crippen molar-refractivity contribution in [1.29, 1.82) is 0 Å². The number of ketones is 1. The van der Waals surface area contributed by atoms with Crippen molar-refractivity contribution in [3.8, 4) is 5.75 Å². The van der Waals surface area contributed by atoms with E-state index in [1.807, 2.05) is 0 Å². The lowest BCUT2D eigenvalue weighted by atomic mass is 10.1. The van der Waals surface area contributed by atoms with Crippen LogP contribution in [0.4, 0.5) is 4.39 Å². The zero-order valence-corrected chi connectivity index (χ0v) is 13.3. The number of hydrogen-bond acceptors (Lipinski definition) is 4. The molecule has 3 rings (SSSR count). The predicted octanol–water partition coefficient (Wildman–Crippen LogP) is 3.53. The van der Waals surface area contributed by atoms with Crippen LogP contribution in [-0.4, -0.2) is 20.8 Å². The Hall–Kier alpha value is -2.73. The molecule has 1 heterocycles. The molecule has 0 atom stereocenters. The third-order valence-electron chi connectivity index (χ3n) is 3.26. The Labute approximate surface area is 142 Å². The fourth-order valence-corrected chi connectivity index (χ4v) is 2.17. The number of rotatable bonds is 6. The lowest BCUT2D eigenvalue weighted by Crippen LogP contribution is -2.10. The van der Waals surface area contributed by atoms with Gasteiger partial charge in [-0.25, -0.2) is 9.07 Å². The molecule has 122 valence electrons. The molecule has 0 bridgehead atoms. The first-order chi connectivity index (χ1) is 11.6. The first kappa shape index (κ1) is 16.1. The number of hydrogen-bond donors (Lipinski definition) is 0. The number of nitrogens with zero attached hydrogens (tertiary/aromatic N) is 3. The first-order valence-corrected chi connectivity index (χ1v) is 7.54. The second kappa shape index (κ2) is 7.23. The van der Waals surface area contributed by atoms with Crippen LogP contribution in [0.1, 0.15) is 16.1 Å². The molecule has 5 nitrogen and oxygen atoms in total. The molecular weight excluding hydrogens is 333 g/mol. The Balaban J connectivity index is 1.58. The van der Waals surface area contributed by atoms with Crippen LogP contribution in [0, 0.1) is 5.82 Å². The molecule has 0 fully saturated rings. The molecule has 0 saturated heterocycles. The van der Waals surface area contributed by atoms with E-state index in [4.69, 9.17) is 16.3 Å². The first-order valence-electron chi connectivity index (χ1n) is 7.16. The zero-order chi connectivity index (χ0) is 16.9. The number of halogens is 2. The van der Waals surface area contributed by atoms with Gasteiger partial charge >= 0.3 is 0 Å². The van der Waals surface area contributed by atoms with Crippen molar-refractivity contribution in [2.45, 2.75) is 13.2 Å². The summed E-state index contributed by atoms with van der Waals surface area (Å²) in [6, 6.07) is 12.4. The van der Waals surface area contributed by atoms with Gasteiger partial charge in [-0.1, -0.05) is 16.8 Å². The highest BCUT2D eigenvalue weighted by molar-refractivity contribution is 6.30. The Bertz CT molecular complexity index is 832. The van der Waals surface area contributed by atoms with Crippen LogP contribution in [0.2, 0.25) is 5.02 Å². The SMILES string of the molecule is O=C(Cn1cc(COc2ccc(F)cc2)nn1)c1ccc(Cl)cc1. The van der Waals surface area contributed by atoms with Crippen molar-refractivity contribution in [3.05, 3.63) is 76.8 Å². The fourth-order valence-electron chi connectivity index (χ4n) is 2.04. The van der Waals surface area contributed by atoms with Crippen LogP contribution >= 0.6 is 11.6 Å². The highest BCUT2D eigenvalue weighted by Crippen LogP contribution is 2.13. The summed E-state index contributed by atoms with van der Waals surface area (Å²) < 4.78 is 19.7. The molecule has 0 radical (unpaired) electrons. The summed E-state index contributed by atoms with van der Waals surface area (Å²) in [4.78, 5) is 12.1. The van der Waals surface area contributed by atoms with E-state index >= 15 is 0 Å². The molecule has 1 aromatic heterocycles. The van der Waals surface area contributed by atoms with E-state index in [0.717, 1.165) is 0 Å². The molecule has 0 spiro atoms. The summed E-state index contributed by atoms with van der Waals surface area (Å²) in [6.07, 6.45) is 1.64. The van der Waals surface area contributed by atoms with E-state index in [9.17, 15) is 9.18 Å². The topological polar surface area (TPSA) is 57.0 Å². The number of carbonyl (C=O) groups excluding carboxylic acids is 1. The zero-order valence-electron chi connectivity index (χ0n) is 12.5. The van der Waals surface area contributed by atoms with Crippen molar-refractivity contribution in [3.63, 3.8) is 0 Å². The highest BCUT2D eigenvalue weighted by atomic mass is 35.5. The third-order valence-corrected chi connectivity index (χ3v) is 3.51. The summed E-state index contributed by atoms with van der Waals surface area (Å²) >= 11 is 5.80. The van der Waals surface area contributed by atoms with Crippen LogP contribution in [0.3, 0.4) is 0 Å². The number of Topliss-reactive ketones (excluding diaryl/α,β-unsaturated/α-hetero) is 1. The minimum atomic E-state index is -0.325. The molecule has 2 aromatic carbocycles. The summed E-state index contributed by atoms with van der Waals surface area (Å²) in [5, 5.41) is 8.43. The van der Waals surface area contributed by atoms with Gasteiger partial charge in [0.05, 0.1) is 6.20 Å². The van der Waals surface area contributed by atoms with Gasteiger partial charge in [0.2, 0.25) is 0 Å². The van der Waals surface area contributed by atoms with E-state index in [2.05, 4.69) is 10.3 Å². The monoisotopic (exact) mass is 345 g/mol. The minimum absolute atomic E-state index is 0.0746. The lowest BCUT2D eigenvalue weighted by Gasteiger charge is -2.03. The molecule has 0 aliphatic heterocycles. The number of carbonyl (C=O) groups is 1. The molecule has 0 unspecified atom stereocenters. The third kappa shape index (κ3) is 4.17. The van der Waals surface area contributed by atoms with E-state index in [-0.39, 0.29) is 24.8 Å². The van der Waals surface area contributed by atoms with Gasteiger partial charge in [-0.2, -0.15) is 0 Å². The Kier molecular flexibility index (Phi) is 4.86. The smallest absolute Gasteiger partial charge is 0.184 e. The van der Waals surface area contributed by atoms with Gasteiger partial charge in [0.15, 0.2) is 5.78 Å². The quantitative estimate of drug-likeness (QED) is 0.641. The molecule has 3 aromatic rings. The summed E-state index contributed by atoms with van der Waals surface area (Å²) in [6.45, 7) is 0.256. The molecule has 24 heavy (non-hydrogen) atoms. The molecule has 0 amide bonds. The van der Waals surface area contributed by atoms with Crippen molar-refractivity contribution in [1.82, 2.24) is 15.0 Å². The van der Waals surface area contributed by atoms with Crippen molar-refractivity contribution in [2.75, 3.05) is 0 Å². The van der Waals surface area contributed by atoms with Gasteiger partial charge in [0, 0.05) is 10.6 Å². The normalized spacial score (nSPS) is 10.6. The van der Waals surface area contributed by atoms with E-state index in [0.29, 0.717) is 22.0 Å². The number of aromatic nitrogens is 3. The minimum Gasteiger partial charge on any atom is -0.487 e. The molecule has 0 saturated carbocycles. The van der Waals surface area contributed by atoms with Crippen molar-refractivity contribution >= 4 is 17.4 Å². The highest BCUT2D eigenvalue weighted by Gasteiger charge is 2.09. The second-order valence-electron chi connectivity index (χ2n) is 5.08. The predicted molar refractivity (Wildman–Crippen MR) is 86.5 cm³/mol. The summed E-state index contributed by atoms with van der Waals surface area (Å²) in [5.41, 5.74) is 1.13. The average molecular weight is 346 g/mol. The maximum Gasteiger partial charge on any atom is 0.184 e. The second-order valence-corrected chi connectivity index (χ2v) is 5.52. The average Bonchev–Trinajstić information content (AvgIpc) is 3.02. The molecule has 0 N–H and O–H groups in total. The van der Waals surface area contributed by atoms with Crippen LogP contribution in [0.5, 0.6) is 5.75 Å². The van der Waals surface area contributed by atoms with Gasteiger partial charge in [0.25, 0.3) is 0 Å². The maximum absolute atomic E-state index is 12.8. The number of ether oxygens (including phenoxy) is 1. The Morgan fingerprint density at radius 2 is 1.83 bits per heavy atom. The van der Waals surface area contributed by atoms with E-state index < -0.39 is 0 Å². The Morgan fingerprint density at radius 3 is 2.54 bits per heavy atom. The van der Waals surface area contributed by atoms with Crippen molar-refractivity contribution < 1.29 is 13.9 Å². The van der Waals surface area contributed by atoms with Gasteiger partial charge < -0.3 is 4.74 Å². The van der Waals surface area contributed by atoms with E-state index in [1.54, 1.807) is 30.5 Å². The van der Waals surface area contributed by atoms with Crippen LogP contribution in [-0.2, 0) is 13.2 Å². The molecule has 0 aliphatic rings. The fraction of sp³-hybridized carbons (Fsp3) is 0.118. The standard InChI is InChI=1S/C17H13ClFN3O2/c18-13-3-1-12(2-4-13)17(23)10-22-9-15(20-21-22)11-24-16-7-5-14(19)6-8-16/h1-9H,10-11H2. The van der Waals surface area contributed by atoms with E-state index in [1.165, 1.54) is 28.9 Å². The lowest BCUT2D eigenvalue weighted by molar-refractivity contribution is 0.0967. The van der Waals surface area contributed by atoms with Crippen molar-refractivity contribution in [2.24, 2.45) is 0 Å². The Morgan fingerprint density at radius 1 is 1.12 bits per heavy atom. The van der Waals surface area contributed by atoms with Crippen LogP contribution in [0.25, 0.3) is 0 Å². The summed E-state index contributed by atoms with van der Waals surface area (Å²) in [5.74, 6) is 0.111. The molecular formula is C17H13ClFN3O2. The number of benzene rings is 2.